The van der Waals surface area contributed by atoms with E-state index in [2.05, 4.69) is 4.98 Å². The van der Waals surface area contributed by atoms with Crippen LogP contribution in [0.25, 0.3) is 0 Å². The molecule has 0 radical (unpaired) electrons. The highest BCUT2D eigenvalue weighted by molar-refractivity contribution is 6.35. The molecule has 0 saturated heterocycles. The summed E-state index contributed by atoms with van der Waals surface area (Å²) in [6.07, 6.45) is 1.58. The van der Waals surface area contributed by atoms with E-state index in [-0.39, 0.29) is 21.4 Å². The van der Waals surface area contributed by atoms with Crippen LogP contribution in [0.15, 0.2) is 24.4 Å². The molecule has 3 nitrogen and oxygen atoms in total. The molecule has 2 rings (SSSR count). The lowest BCUT2D eigenvalue weighted by Gasteiger charge is -2.27. The van der Waals surface area contributed by atoms with Crippen molar-refractivity contribution in [3.05, 3.63) is 56.9 Å². The lowest BCUT2D eigenvalue weighted by atomic mass is 9.87. The van der Waals surface area contributed by atoms with Crippen molar-refractivity contribution in [1.82, 2.24) is 4.98 Å². The predicted molar refractivity (Wildman–Crippen MR) is 78.5 cm³/mol. The van der Waals surface area contributed by atoms with Crippen LogP contribution in [0.2, 0.25) is 10.0 Å². The molecule has 3 N–H and O–H groups in total. The highest BCUT2D eigenvalue weighted by Gasteiger charge is 2.31. The quantitative estimate of drug-likeness (QED) is 0.831. The van der Waals surface area contributed by atoms with Crippen molar-refractivity contribution in [1.29, 1.82) is 0 Å². The molecule has 1 aromatic carbocycles. The van der Waals surface area contributed by atoms with E-state index in [1.54, 1.807) is 12.3 Å². The van der Waals surface area contributed by atoms with Crippen molar-refractivity contribution in [2.45, 2.75) is 19.4 Å². The molecule has 1 heterocycles. The number of halogens is 3. The number of nitrogen functional groups attached to an aromatic ring is 1. The monoisotopic (exact) mass is 314 g/mol. The van der Waals surface area contributed by atoms with Gasteiger partial charge in [-0.1, -0.05) is 23.2 Å². The third kappa shape index (κ3) is 2.59. The number of benzene rings is 1. The molecule has 0 spiro atoms. The fourth-order valence-corrected chi connectivity index (χ4v) is 2.58. The number of pyridine rings is 1. The second-order valence-corrected chi connectivity index (χ2v) is 5.58. The molecule has 1 atom stereocenters. The topological polar surface area (TPSA) is 59.1 Å². The van der Waals surface area contributed by atoms with E-state index < -0.39 is 11.4 Å². The van der Waals surface area contributed by atoms with E-state index in [4.69, 9.17) is 28.9 Å². The van der Waals surface area contributed by atoms with E-state index in [9.17, 15) is 9.50 Å². The molecule has 20 heavy (non-hydrogen) atoms. The normalized spacial score (nSPS) is 14.1. The minimum absolute atomic E-state index is 0.107. The summed E-state index contributed by atoms with van der Waals surface area (Å²) in [7, 11) is 0. The standard InChI is InChI=1S/C14H13Cl2FN2O/c1-7-3-9(13(18)19-6-7)14(2,20)8-4-12(17)11(16)5-10(8)15/h3-6,20H,1-2H3,(H2,18,19). The van der Waals surface area contributed by atoms with Crippen LogP contribution in [0, 0.1) is 12.7 Å². The summed E-state index contributed by atoms with van der Waals surface area (Å²) < 4.78 is 13.6. The molecule has 0 aliphatic carbocycles. The molecule has 0 aliphatic heterocycles. The molecule has 0 aliphatic rings. The van der Waals surface area contributed by atoms with Gasteiger partial charge in [0, 0.05) is 22.3 Å². The van der Waals surface area contributed by atoms with Gasteiger partial charge in [0.2, 0.25) is 0 Å². The van der Waals surface area contributed by atoms with E-state index in [1.165, 1.54) is 13.0 Å². The lowest BCUT2D eigenvalue weighted by Crippen LogP contribution is -2.25. The molecule has 0 bridgehead atoms. The summed E-state index contributed by atoms with van der Waals surface area (Å²) >= 11 is 11.7. The molecule has 6 heteroatoms. The van der Waals surface area contributed by atoms with Crippen molar-refractivity contribution < 1.29 is 9.50 Å². The molecular weight excluding hydrogens is 302 g/mol. The molecule has 1 unspecified atom stereocenters. The fourth-order valence-electron chi connectivity index (χ4n) is 2.01. The van der Waals surface area contributed by atoms with Gasteiger partial charge in [-0.3, -0.25) is 0 Å². The summed E-state index contributed by atoms with van der Waals surface area (Å²) in [6, 6.07) is 4.04. The first-order valence-electron chi connectivity index (χ1n) is 5.83. The fraction of sp³-hybridized carbons (Fsp3) is 0.214. The Morgan fingerprint density at radius 1 is 1.20 bits per heavy atom. The van der Waals surface area contributed by atoms with E-state index >= 15 is 0 Å². The first-order chi connectivity index (χ1) is 9.23. The highest BCUT2D eigenvalue weighted by Crippen LogP contribution is 2.38. The number of nitrogens with zero attached hydrogens (tertiary/aromatic N) is 1. The average Bonchev–Trinajstić information content (AvgIpc) is 2.36. The minimum atomic E-state index is -1.58. The highest BCUT2D eigenvalue weighted by atomic mass is 35.5. The second kappa shape index (κ2) is 5.20. The van der Waals surface area contributed by atoms with Gasteiger partial charge in [0.05, 0.1) is 5.02 Å². The van der Waals surface area contributed by atoms with Crippen LogP contribution in [0.4, 0.5) is 10.2 Å². The Bertz CT molecular complexity index is 674. The Kier molecular flexibility index (Phi) is 3.91. The van der Waals surface area contributed by atoms with Gasteiger partial charge in [-0.05, 0) is 37.6 Å². The zero-order valence-corrected chi connectivity index (χ0v) is 12.4. The molecule has 2 aromatic rings. The van der Waals surface area contributed by atoms with Crippen LogP contribution >= 0.6 is 23.2 Å². The number of rotatable bonds is 2. The number of aromatic nitrogens is 1. The van der Waals surface area contributed by atoms with Gasteiger partial charge in [-0.15, -0.1) is 0 Å². The summed E-state index contributed by atoms with van der Waals surface area (Å²) in [5, 5.41) is 10.8. The van der Waals surface area contributed by atoms with Crippen LogP contribution in [0.1, 0.15) is 23.6 Å². The van der Waals surface area contributed by atoms with Gasteiger partial charge >= 0.3 is 0 Å². The van der Waals surface area contributed by atoms with Crippen molar-refractivity contribution in [3.63, 3.8) is 0 Å². The third-order valence-corrected chi connectivity index (χ3v) is 3.72. The van der Waals surface area contributed by atoms with Crippen molar-refractivity contribution in [3.8, 4) is 0 Å². The van der Waals surface area contributed by atoms with Gasteiger partial charge in [-0.25, -0.2) is 9.37 Å². The summed E-state index contributed by atoms with van der Waals surface area (Å²) in [4.78, 5) is 3.99. The maximum absolute atomic E-state index is 13.6. The van der Waals surface area contributed by atoms with Gasteiger partial charge < -0.3 is 10.8 Å². The van der Waals surface area contributed by atoms with Crippen LogP contribution in [-0.2, 0) is 5.60 Å². The number of hydrogen-bond donors (Lipinski definition) is 2. The first-order valence-corrected chi connectivity index (χ1v) is 6.59. The number of anilines is 1. The molecule has 0 fully saturated rings. The summed E-state index contributed by atoms with van der Waals surface area (Å²) in [5.74, 6) is -0.502. The Morgan fingerprint density at radius 3 is 2.50 bits per heavy atom. The Morgan fingerprint density at radius 2 is 1.85 bits per heavy atom. The summed E-state index contributed by atoms with van der Waals surface area (Å²) in [6.45, 7) is 3.30. The zero-order chi connectivity index (χ0) is 15.1. The van der Waals surface area contributed by atoms with E-state index in [1.807, 2.05) is 6.92 Å². The molecule has 106 valence electrons. The van der Waals surface area contributed by atoms with E-state index in [0.29, 0.717) is 5.56 Å². The van der Waals surface area contributed by atoms with Crippen LogP contribution in [-0.4, -0.2) is 10.1 Å². The molecular formula is C14H13Cl2FN2O. The van der Waals surface area contributed by atoms with Crippen LogP contribution < -0.4 is 5.73 Å². The average molecular weight is 315 g/mol. The van der Waals surface area contributed by atoms with Crippen LogP contribution in [0.5, 0.6) is 0 Å². The second-order valence-electron chi connectivity index (χ2n) is 4.76. The number of nitrogens with two attached hydrogens (primary N) is 1. The van der Waals surface area contributed by atoms with Crippen molar-refractivity contribution in [2.75, 3.05) is 5.73 Å². The Labute approximate surface area is 126 Å². The Balaban J connectivity index is 2.66. The maximum Gasteiger partial charge on any atom is 0.142 e. The predicted octanol–water partition coefficient (Wildman–Crippen LogP) is 3.67. The summed E-state index contributed by atoms with van der Waals surface area (Å²) in [5.41, 5.74) is 5.58. The van der Waals surface area contributed by atoms with Crippen LogP contribution in [0.3, 0.4) is 0 Å². The zero-order valence-electron chi connectivity index (χ0n) is 10.9. The maximum atomic E-state index is 13.6. The lowest BCUT2D eigenvalue weighted by molar-refractivity contribution is 0.102. The Hall–Kier alpha value is -1.36. The molecule has 1 aromatic heterocycles. The number of aliphatic hydroxyl groups is 1. The van der Waals surface area contributed by atoms with Gasteiger partial charge in [-0.2, -0.15) is 0 Å². The first kappa shape index (κ1) is 15.0. The smallest absolute Gasteiger partial charge is 0.142 e. The molecule has 0 amide bonds. The molecule has 0 saturated carbocycles. The van der Waals surface area contributed by atoms with Crippen molar-refractivity contribution in [2.24, 2.45) is 0 Å². The van der Waals surface area contributed by atoms with Gasteiger partial charge in [0.15, 0.2) is 0 Å². The van der Waals surface area contributed by atoms with Gasteiger partial charge in [0.25, 0.3) is 0 Å². The van der Waals surface area contributed by atoms with Gasteiger partial charge in [0.1, 0.15) is 17.2 Å². The minimum Gasteiger partial charge on any atom is -0.383 e. The largest absolute Gasteiger partial charge is 0.383 e. The third-order valence-electron chi connectivity index (χ3n) is 3.11. The number of hydrogen-bond acceptors (Lipinski definition) is 3. The van der Waals surface area contributed by atoms with E-state index in [0.717, 1.165) is 11.6 Å². The SMILES string of the molecule is Cc1cnc(N)c(C(C)(O)c2cc(F)c(Cl)cc2Cl)c1. The van der Waals surface area contributed by atoms with Crippen molar-refractivity contribution >= 4 is 29.0 Å². The number of aryl methyl sites for hydroxylation is 1.